The van der Waals surface area contributed by atoms with Crippen LogP contribution < -0.4 is 0 Å². The number of rotatable bonds is 1. The van der Waals surface area contributed by atoms with Gasteiger partial charge in [-0.1, -0.05) is 5.57 Å². The second-order valence-electron chi connectivity index (χ2n) is 6.55. The Morgan fingerprint density at radius 2 is 2.15 bits per heavy atom. The normalized spacial score (nSPS) is 39.0. The summed E-state index contributed by atoms with van der Waals surface area (Å²) >= 11 is 0. The van der Waals surface area contributed by atoms with E-state index in [4.69, 9.17) is 9.47 Å². The SMILES string of the molecule is COC1=C2CC3=C(CCC4CCC(O)[C@@H](O2)C34)C(C)=C1. The number of hydrogen-bond donors (Lipinski definition) is 1. The van der Waals surface area contributed by atoms with Crippen molar-refractivity contribution in [3.63, 3.8) is 0 Å². The topological polar surface area (TPSA) is 38.7 Å². The minimum Gasteiger partial charge on any atom is -0.493 e. The zero-order valence-corrected chi connectivity index (χ0v) is 12.2. The zero-order valence-electron chi connectivity index (χ0n) is 12.2. The molecule has 108 valence electrons. The van der Waals surface area contributed by atoms with Crippen molar-refractivity contribution in [2.75, 3.05) is 7.11 Å². The van der Waals surface area contributed by atoms with Gasteiger partial charge in [-0.3, -0.25) is 0 Å². The van der Waals surface area contributed by atoms with E-state index in [0.29, 0.717) is 11.8 Å². The van der Waals surface area contributed by atoms with Gasteiger partial charge in [0.15, 0.2) is 5.76 Å². The largest absolute Gasteiger partial charge is 0.493 e. The minimum atomic E-state index is -0.336. The maximum absolute atomic E-state index is 10.4. The van der Waals surface area contributed by atoms with Gasteiger partial charge in [0.25, 0.3) is 0 Å². The average Bonchev–Trinajstić information content (AvgIpc) is 2.58. The lowest BCUT2D eigenvalue weighted by Gasteiger charge is -2.48. The standard InChI is InChI=1S/C17H22O3/c1-9-7-14(19-2)15-8-12-11(9)5-3-10-4-6-13(18)17(20-15)16(10)12/h7,10,13,16-18H,3-6,8H2,1-2H3/t10?,13?,16?,17-/m1/s1. The van der Waals surface area contributed by atoms with Gasteiger partial charge in [0.05, 0.1) is 13.2 Å². The lowest BCUT2D eigenvalue weighted by molar-refractivity contribution is -0.0926. The van der Waals surface area contributed by atoms with E-state index in [1.54, 1.807) is 7.11 Å². The Kier molecular flexibility index (Phi) is 2.75. The van der Waals surface area contributed by atoms with Gasteiger partial charge in [-0.25, -0.2) is 0 Å². The molecule has 4 rings (SSSR count). The molecule has 1 saturated heterocycles. The van der Waals surface area contributed by atoms with Crippen LogP contribution in [0.25, 0.3) is 0 Å². The van der Waals surface area contributed by atoms with E-state index >= 15 is 0 Å². The molecule has 2 bridgehead atoms. The van der Waals surface area contributed by atoms with Crippen LogP contribution in [0.15, 0.2) is 34.3 Å². The van der Waals surface area contributed by atoms with Gasteiger partial charge >= 0.3 is 0 Å². The van der Waals surface area contributed by atoms with Crippen LogP contribution in [0.1, 0.15) is 39.0 Å². The second-order valence-corrected chi connectivity index (χ2v) is 6.55. The van der Waals surface area contributed by atoms with Gasteiger partial charge < -0.3 is 14.6 Å². The molecule has 3 nitrogen and oxygen atoms in total. The number of methoxy groups -OCH3 is 1. The number of aliphatic hydroxyl groups is 1. The first-order chi connectivity index (χ1) is 9.69. The number of aliphatic hydroxyl groups excluding tert-OH is 1. The summed E-state index contributed by atoms with van der Waals surface area (Å²) in [6.45, 7) is 2.18. The molecule has 0 aromatic rings. The van der Waals surface area contributed by atoms with E-state index in [0.717, 1.165) is 30.8 Å². The molecule has 4 atom stereocenters. The highest BCUT2D eigenvalue weighted by molar-refractivity contribution is 5.47. The van der Waals surface area contributed by atoms with Crippen LogP contribution >= 0.6 is 0 Å². The van der Waals surface area contributed by atoms with Crippen molar-refractivity contribution in [3.8, 4) is 0 Å². The number of ether oxygens (including phenoxy) is 2. The molecule has 0 aromatic carbocycles. The summed E-state index contributed by atoms with van der Waals surface area (Å²) in [7, 11) is 1.70. The predicted octanol–water partition coefficient (Wildman–Crippen LogP) is 3.07. The zero-order chi connectivity index (χ0) is 13.9. The quantitative estimate of drug-likeness (QED) is 0.798. The monoisotopic (exact) mass is 274 g/mol. The third kappa shape index (κ3) is 1.62. The molecule has 1 heterocycles. The summed E-state index contributed by atoms with van der Waals surface area (Å²) in [5.41, 5.74) is 4.33. The maximum atomic E-state index is 10.4. The third-order valence-electron chi connectivity index (χ3n) is 5.58. The highest BCUT2D eigenvalue weighted by atomic mass is 16.5. The molecule has 3 aliphatic carbocycles. The van der Waals surface area contributed by atoms with Crippen molar-refractivity contribution in [1.82, 2.24) is 0 Å². The first-order valence-corrected chi connectivity index (χ1v) is 7.71. The van der Waals surface area contributed by atoms with E-state index in [2.05, 4.69) is 13.0 Å². The van der Waals surface area contributed by atoms with E-state index in [1.165, 1.54) is 29.6 Å². The number of fused-ring (bicyclic) bond motifs is 1. The van der Waals surface area contributed by atoms with E-state index in [1.807, 2.05) is 0 Å². The second kappa shape index (κ2) is 4.39. The van der Waals surface area contributed by atoms with Crippen molar-refractivity contribution in [3.05, 3.63) is 34.3 Å². The van der Waals surface area contributed by atoms with Crippen LogP contribution in [0.4, 0.5) is 0 Å². The summed E-state index contributed by atoms with van der Waals surface area (Å²) in [5, 5.41) is 10.4. The van der Waals surface area contributed by atoms with Gasteiger partial charge in [-0.2, -0.15) is 0 Å². The molecule has 1 aliphatic heterocycles. The Balaban J connectivity index is 1.88. The van der Waals surface area contributed by atoms with Crippen molar-refractivity contribution >= 4 is 0 Å². The maximum Gasteiger partial charge on any atom is 0.157 e. The molecular formula is C17H22O3. The fourth-order valence-corrected chi connectivity index (χ4v) is 4.62. The van der Waals surface area contributed by atoms with E-state index in [-0.39, 0.29) is 12.2 Å². The highest BCUT2D eigenvalue weighted by Gasteiger charge is 2.48. The summed E-state index contributed by atoms with van der Waals surface area (Å²) in [6, 6.07) is 0. The molecule has 0 aromatic heterocycles. The van der Waals surface area contributed by atoms with Crippen molar-refractivity contribution in [2.24, 2.45) is 11.8 Å². The van der Waals surface area contributed by atoms with Crippen LogP contribution in [0.3, 0.4) is 0 Å². The average molecular weight is 274 g/mol. The Hall–Kier alpha value is -1.22. The van der Waals surface area contributed by atoms with Crippen LogP contribution in [-0.4, -0.2) is 24.4 Å². The predicted molar refractivity (Wildman–Crippen MR) is 75.8 cm³/mol. The van der Waals surface area contributed by atoms with Crippen molar-refractivity contribution in [1.29, 1.82) is 0 Å². The van der Waals surface area contributed by atoms with Gasteiger partial charge in [0.2, 0.25) is 0 Å². The summed E-state index contributed by atoms with van der Waals surface area (Å²) in [4.78, 5) is 0. The summed E-state index contributed by atoms with van der Waals surface area (Å²) in [5.74, 6) is 2.87. The summed E-state index contributed by atoms with van der Waals surface area (Å²) < 4.78 is 11.7. The van der Waals surface area contributed by atoms with Crippen LogP contribution in [0.2, 0.25) is 0 Å². The van der Waals surface area contributed by atoms with Gasteiger partial charge in [-0.15, -0.1) is 0 Å². The van der Waals surface area contributed by atoms with Crippen molar-refractivity contribution < 1.29 is 14.6 Å². The summed E-state index contributed by atoms with van der Waals surface area (Å²) in [6.07, 6.45) is 7.01. The Morgan fingerprint density at radius 1 is 1.30 bits per heavy atom. The Labute approximate surface area is 120 Å². The van der Waals surface area contributed by atoms with Crippen LogP contribution in [0, 0.1) is 11.8 Å². The molecule has 2 fully saturated rings. The van der Waals surface area contributed by atoms with Crippen LogP contribution in [0.5, 0.6) is 0 Å². The molecule has 20 heavy (non-hydrogen) atoms. The van der Waals surface area contributed by atoms with E-state index in [9.17, 15) is 5.11 Å². The Morgan fingerprint density at radius 3 is 2.95 bits per heavy atom. The lowest BCUT2D eigenvalue weighted by Crippen LogP contribution is -2.48. The molecule has 1 N–H and O–H groups in total. The molecule has 1 saturated carbocycles. The molecule has 4 aliphatic rings. The molecule has 0 spiro atoms. The fraction of sp³-hybridized carbons (Fsp3) is 0.647. The molecule has 3 unspecified atom stereocenters. The smallest absolute Gasteiger partial charge is 0.157 e. The highest BCUT2D eigenvalue weighted by Crippen LogP contribution is 2.52. The van der Waals surface area contributed by atoms with Gasteiger partial charge in [-0.05, 0) is 55.7 Å². The lowest BCUT2D eigenvalue weighted by atomic mass is 9.63. The first-order valence-electron chi connectivity index (χ1n) is 7.71. The number of allylic oxidation sites excluding steroid dienone is 4. The van der Waals surface area contributed by atoms with E-state index < -0.39 is 0 Å². The van der Waals surface area contributed by atoms with Gasteiger partial charge in [0.1, 0.15) is 11.9 Å². The molecule has 0 amide bonds. The molecule has 3 heteroatoms. The van der Waals surface area contributed by atoms with Crippen molar-refractivity contribution in [2.45, 2.75) is 51.2 Å². The minimum absolute atomic E-state index is 0.0627. The van der Waals surface area contributed by atoms with Gasteiger partial charge in [0, 0.05) is 12.3 Å². The number of hydrogen-bond acceptors (Lipinski definition) is 3. The Bertz CT molecular complexity index is 540. The first kappa shape index (κ1) is 12.5. The third-order valence-corrected chi connectivity index (χ3v) is 5.58. The molecule has 0 radical (unpaired) electrons. The fourth-order valence-electron chi connectivity index (χ4n) is 4.62. The van der Waals surface area contributed by atoms with Crippen LogP contribution in [-0.2, 0) is 9.47 Å². The molecular weight excluding hydrogens is 252 g/mol.